The molecule has 1 fully saturated rings. The van der Waals surface area contributed by atoms with Crippen molar-refractivity contribution in [3.63, 3.8) is 0 Å². The Morgan fingerprint density at radius 1 is 1.27 bits per heavy atom. The summed E-state index contributed by atoms with van der Waals surface area (Å²) in [5.41, 5.74) is 8.83. The maximum Gasteiger partial charge on any atom is 0.180 e. The molecule has 2 aromatic rings. The first-order valence-electron chi connectivity index (χ1n) is 8.31. The lowest BCUT2D eigenvalue weighted by Gasteiger charge is -2.26. The van der Waals surface area contributed by atoms with Gasteiger partial charge < -0.3 is 14.9 Å². The van der Waals surface area contributed by atoms with Crippen molar-refractivity contribution in [1.29, 1.82) is 0 Å². The third-order valence-electron chi connectivity index (χ3n) is 4.41. The van der Waals surface area contributed by atoms with Crippen molar-refractivity contribution in [2.24, 2.45) is 5.73 Å². The summed E-state index contributed by atoms with van der Waals surface area (Å²) in [5, 5.41) is 0. The summed E-state index contributed by atoms with van der Waals surface area (Å²) in [6.45, 7) is 6.80. The average molecular weight is 302 g/mol. The van der Waals surface area contributed by atoms with Gasteiger partial charge in [0.15, 0.2) is 11.4 Å². The lowest BCUT2D eigenvalue weighted by atomic mass is 10.1. The number of hydrogen-bond donors (Lipinski definition) is 1. The summed E-state index contributed by atoms with van der Waals surface area (Å²) < 4.78 is 8.12. The molecule has 0 saturated carbocycles. The van der Waals surface area contributed by atoms with Crippen molar-refractivity contribution in [3.8, 4) is 5.75 Å². The van der Waals surface area contributed by atoms with E-state index in [2.05, 4.69) is 14.3 Å². The lowest BCUT2D eigenvalue weighted by Crippen LogP contribution is -2.33. The van der Waals surface area contributed by atoms with Crippen LogP contribution in [0.4, 0.5) is 0 Å². The van der Waals surface area contributed by atoms with E-state index in [1.54, 1.807) is 0 Å². The highest BCUT2D eigenvalue weighted by Gasteiger charge is 2.13. The third-order valence-corrected chi connectivity index (χ3v) is 4.41. The van der Waals surface area contributed by atoms with E-state index in [0.717, 1.165) is 36.7 Å². The molecule has 3 rings (SSSR count). The highest BCUT2D eigenvalue weighted by atomic mass is 16.5. The second kappa shape index (κ2) is 7.11. The van der Waals surface area contributed by atoms with Crippen LogP contribution in [-0.2, 0) is 6.42 Å². The van der Waals surface area contributed by atoms with Crippen LogP contribution in [0, 0.1) is 6.92 Å². The number of piperidine rings is 1. The van der Waals surface area contributed by atoms with Crippen LogP contribution in [0.1, 0.15) is 30.7 Å². The lowest BCUT2D eigenvalue weighted by molar-refractivity contribution is 0.184. The zero-order valence-electron chi connectivity index (χ0n) is 13.4. The summed E-state index contributed by atoms with van der Waals surface area (Å²) in [6, 6.07) is 4.02. The van der Waals surface area contributed by atoms with Crippen molar-refractivity contribution < 1.29 is 4.74 Å². The van der Waals surface area contributed by atoms with Gasteiger partial charge in [-0.05, 0) is 51.5 Å². The molecular formula is C17H26N4O. The van der Waals surface area contributed by atoms with Gasteiger partial charge in [0.1, 0.15) is 6.61 Å². The van der Waals surface area contributed by atoms with Crippen LogP contribution in [0.2, 0.25) is 0 Å². The molecule has 2 aromatic heterocycles. The third kappa shape index (κ3) is 3.25. The van der Waals surface area contributed by atoms with Crippen LogP contribution in [0.25, 0.3) is 5.65 Å². The Labute approximate surface area is 132 Å². The van der Waals surface area contributed by atoms with Crippen LogP contribution in [0.3, 0.4) is 0 Å². The van der Waals surface area contributed by atoms with Crippen LogP contribution in [-0.4, -0.2) is 47.1 Å². The van der Waals surface area contributed by atoms with E-state index in [1.165, 1.54) is 38.0 Å². The molecule has 0 aliphatic carbocycles. The minimum absolute atomic E-state index is 0.634. The van der Waals surface area contributed by atoms with E-state index in [-0.39, 0.29) is 0 Å². The quantitative estimate of drug-likeness (QED) is 0.887. The van der Waals surface area contributed by atoms with Gasteiger partial charge in [0.05, 0.1) is 5.69 Å². The predicted molar refractivity (Wildman–Crippen MR) is 88.5 cm³/mol. The largest absolute Gasteiger partial charge is 0.488 e. The number of fused-ring (bicyclic) bond motifs is 1. The van der Waals surface area contributed by atoms with Crippen LogP contribution in [0.5, 0.6) is 5.75 Å². The fourth-order valence-electron chi connectivity index (χ4n) is 3.22. The number of likely N-dealkylation sites (tertiary alicyclic amines) is 1. The van der Waals surface area contributed by atoms with Crippen molar-refractivity contribution in [2.75, 3.05) is 32.8 Å². The molecule has 0 bridgehead atoms. The van der Waals surface area contributed by atoms with E-state index in [4.69, 9.17) is 10.5 Å². The van der Waals surface area contributed by atoms with E-state index in [1.807, 2.05) is 25.3 Å². The smallest absolute Gasteiger partial charge is 0.180 e. The van der Waals surface area contributed by atoms with Crippen LogP contribution in [0.15, 0.2) is 18.3 Å². The van der Waals surface area contributed by atoms with Crippen LogP contribution >= 0.6 is 0 Å². The predicted octanol–water partition coefficient (Wildman–Crippen LogP) is 2.01. The molecule has 2 N–H and O–H groups in total. The van der Waals surface area contributed by atoms with Gasteiger partial charge in [0.25, 0.3) is 0 Å². The number of nitrogens with zero attached hydrogens (tertiary/aromatic N) is 3. The number of hydrogen-bond acceptors (Lipinski definition) is 4. The van der Waals surface area contributed by atoms with Crippen molar-refractivity contribution >= 4 is 5.65 Å². The first-order valence-corrected chi connectivity index (χ1v) is 8.31. The van der Waals surface area contributed by atoms with E-state index >= 15 is 0 Å². The average Bonchev–Trinajstić information content (AvgIpc) is 2.86. The molecule has 3 heterocycles. The first kappa shape index (κ1) is 15.3. The SMILES string of the molecule is Cc1nc2c(OCCN3CCCCC3)cccn2c1CCN. The van der Waals surface area contributed by atoms with Gasteiger partial charge in [-0.3, -0.25) is 4.90 Å². The number of aryl methyl sites for hydroxylation is 1. The second-order valence-corrected chi connectivity index (χ2v) is 6.00. The second-order valence-electron chi connectivity index (χ2n) is 6.00. The molecule has 22 heavy (non-hydrogen) atoms. The minimum Gasteiger partial charge on any atom is -0.488 e. The molecule has 0 unspecified atom stereocenters. The Kier molecular flexibility index (Phi) is 4.95. The monoisotopic (exact) mass is 302 g/mol. The number of aromatic nitrogens is 2. The molecule has 0 spiro atoms. The minimum atomic E-state index is 0.634. The van der Waals surface area contributed by atoms with Gasteiger partial charge in [-0.2, -0.15) is 0 Å². The summed E-state index contributed by atoms with van der Waals surface area (Å²) >= 11 is 0. The number of imidazole rings is 1. The molecule has 1 saturated heterocycles. The molecule has 120 valence electrons. The fourth-order valence-corrected chi connectivity index (χ4v) is 3.22. The van der Waals surface area contributed by atoms with Crippen LogP contribution < -0.4 is 10.5 Å². The van der Waals surface area contributed by atoms with Crippen molar-refractivity contribution in [3.05, 3.63) is 29.7 Å². The summed E-state index contributed by atoms with van der Waals surface area (Å²) in [4.78, 5) is 7.15. The number of rotatable bonds is 6. The standard InChI is InChI=1S/C17H26N4O/c1-14-15(7-8-18)21-11-5-6-16(17(21)19-14)22-13-12-20-9-3-2-4-10-20/h5-6,11H,2-4,7-10,12-13,18H2,1H3. The fraction of sp³-hybridized carbons (Fsp3) is 0.588. The van der Waals surface area contributed by atoms with Gasteiger partial charge >= 0.3 is 0 Å². The van der Waals surface area contributed by atoms with E-state index in [9.17, 15) is 0 Å². The summed E-state index contributed by atoms with van der Waals surface area (Å²) in [5.74, 6) is 0.867. The number of pyridine rings is 1. The topological polar surface area (TPSA) is 55.8 Å². The maximum atomic E-state index is 6.01. The molecule has 0 aromatic carbocycles. The first-order chi connectivity index (χ1) is 10.8. The summed E-state index contributed by atoms with van der Waals surface area (Å²) in [6.07, 6.45) is 6.88. The summed E-state index contributed by atoms with van der Waals surface area (Å²) in [7, 11) is 0. The zero-order valence-corrected chi connectivity index (χ0v) is 13.4. The van der Waals surface area contributed by atoms with Crippen molar-refractivity contribution in [2.45, 2.75) is 32.6 Å². The molecular weight excluding hydrogens is 276 g/mol. The number of nitrogens with two attached hydrogens (primary N) is 1. The Balaban J connectivity index is 1.69. The van der Waals surface area contributed by atoms with Gasteiger partial charge in [-0.1, -0.05) is 6.42 Å². The Hall–Kier alpha value is -1.59. The molecule has 0 atom stereocenters. The Bertz CT molecular complexity index is 616. The molecule has 0 amide bonds. The van der Waals surface area contributed by atoms with Gasteiger partial charge in [-0.25, -0.2) is 4.98 Å². The molecule has 1 aliphatic rings. The maximum absolute atomic E-state index is 6.01. The Morgan fingerprint density at radius 2 is 2.09 bits per heavy atom. The normalized spacial score (nSPS) is 16.3. The Morgan fingerprint density at radius 3 is 2.86 bits per heavy atom. The highest BCUT2D eigenvalue weighted by molar-refractivity contribution is 5.56. The van der Waals surface area contributed by atoms with E-state index in [0.29, 0.717) is 6.54 Å². The van der Waals surface area contributed by atoms with Gasteiger partial charge in [0, 0.05) is 24.9 Å². The van der Waals surface area contributed by atoms with Gasteiger partial charge in [-0.15, -0.1) is 0 Å². The molecule has 5 nitrogen and oxygen atoms in total. The van der Waals surface area contributed by atoms with Gasteiger partial charge in [0.2, 0.25) is 0 Å². The van der Waals surface area contributed by atoms with E-state index < -0.39 is 0 Å². The highest BCUT2D eigenvalue weighted by Crippen LogP contribution is 2.22. The molecule has 1 aliphatic heterocycles. The zero-order chi connectivity index (χ0) is 15.4. The molecule has 5 heteroatoms. The van der Waals surface area contributed by atoms with Crippen molar-refractivity contribution in [1.82, 2.24) is 14.3 Å². The molecule has 0 radical (unpaired) electrons. The number of ether oxygens (including phenoxy) is 1.